The molecule has 15 heteroatoms. The number of carbonyl (C=O) groups excluding carboxylic acids is 1. The summed E-state index contributed by atoms with van der Waals surface area (Å²) < 4.78 is 78.4. The van der Waals surface area contributed by atoms with Crippen molar-refractivity contribution in [3.63, 3.8) is 0 Å². The number of aromatic amines is 1. The van der Waals surface area contributed by atoms with Gasteiger partial charge < -0.3 is 20.2 Å². The predicted molar refractivity (Wildman–Crippen MR) is 180 cm³/mol. The zero-order valence-corrected chi connectivity index (χ0v) is 27.6. The Kier molecular flexibility index (Phi) is 9.40. The first-order chi connectivity index (χ1) is 23.3. The second-order valence-electron chi connectivity index (χ2n) is 12.0. The number of imidazole rings is 2. The molecule has 0 radical (unpaired) electrons. The van der Waals surface area contributed by atoms with Crippen molar-refractivity contribution in [1.82, 2.24) is 23.8 Å². The molecule has 11 nitrogen and oxygen atoms in total. The standard InChI is InChI=1S/C34H35F3N6O5S/c1-21(2)49(45,46)43-26-19-24(20-27(30(26)41-33(43)38)48-32(44)34(35,36)37)29-28(22-10-5-3-6-11-22)39-31(40-29)23-12-9-13-25(18-23)47-17-16-42-14-7-4-8-15-42/h3,5-6,9-13,18-21H,4,7-8,14-17H2,1-2H3,(H2,38,41)(H,39,40). The molecule has 1 fully saturated rings. The lowest BCUT2D eigenvalue weighted by atomic mass is 10.0. The number of likely N-dealkylation sites (tertiary alicyclic amines) is 1. The van der Waals surface area contributed by atoms with Gasteiger partial charge in [-0.2, -0.15) is 13.2 Å². The number of carbonyl (C=O) groups is 1. The molecule has 1 aliphatic rings. The number of nitrogens with two attached hydrogens (primary N) is 1. The summed E-state index contributed by atoms with van der Waals surface area (Å²) in [5.41, 5.74) is 7.72. The Morgan fingerprint density at radius 1 is 0.959 bits per heavy atom. The van der Waals surface area contributed by atoms with Crippen LogP contribution in [0.1, 0.15) is 33.1 Å². The quantitative estimate of drug-likeness (QED) is 0.128. The highest BCUT2D eigenvalue weighted by Crippen LogP contribution is 2.40. The molecule has 0 aliphatic carbocycles. The lowest BCUT2D eigenvalue weighted by Crippen LogP contribution is -2.33. The number of nitrogens with zero attached hydrogens (tertiary/aromatic N) is 4. The lowest BCUT2D eigenvalue weighted by Gasteiger charge is -2.26. The molecule has 3 aromatic carbocycles. The largest absolute Gasteiger partial charge is 0.492 e. The van der Waals surface area contributed by atoms with E-state index in [1.807, 2.05) is 42.5 Å². The van der Waals surface area contributed by atoms with E-state index in [2.05, 4.69) is 14.9 Å². The van der Waals surface area contributed by atoms with E-state index < -0.39 is 39.1 Å². The summed E-state index contributed by atoms with van der Waals surface area (Å²) in [4.78, 5) is 26.6. The molecule has 5 aromatic rings. The van der Waals surface area contributed by atoms with Crippen molar-refractivity contribution in [2.24, 2.45) is 0 Å². The van der Waals surface area contributed by atoms with Crippen LogP contribution < -0.4 is 15.2 Å². The Morgan fingerprint density at radius 3 is 2.37 bits per heavy atom. The number of aromatic nitrogens is 4. The number of hydrogen-bond donors (Lipinski definition) is 2. The van der Waals surface area contributed by atoms with Crippen molar-refractivity contribution in [1.29, 1.82) is 0 Å². The Bertz CT molecular complexity index is 2090. The van der Waals surface area contributed by atoms with Crippen molar-refractivity contribution >= 4 is 33.0 Å². The fourth-order valence-electron chi connectivity index (χ4n) is 5.74. The maximum absolute atomic E-state index is 13.4. The van der Waals surface area contributed by atoms with Crippen LogP contribution in [0.15, 0.2) is 66.7 Å². The molecule has 0 saturated carbocycles. The second kappa shape index (κ2) is 13.6. The van der Waals surface area contributed by atoms with Gasteiger partial charge >= 0.3 is 12.1 Å². The van der Waals surface area contributed by atoms with E-state index in [-0.39, 0.29) is 22.3 Å². The average Bonchev–Trinajstić information content (AvgIpc) is 3.67. The van der Waals surface area contributed by atoms with Crippen LogP contribution in [-0.2, 0) is 14.8 Å². The fraction of sp³-hybridized carbons (Fsp3) is 0.324. The number of benzene rings is 3. The Morgan fingerprint density at radius 2 is 1.67 bits per heavy atom. The number of alkyl halides is 3. The number of nitrogen functional groups attached to an aromatic ring is 1. The van der Waals surface area contributed by atoms with Crippen LogP contribution in [0, 0.1) is 0 Å². The fourth-order valence-corrected chi connectivity index (χ4v) is 6.87. The van der Waals surface area contributed by atoms with Gasteiger partial charge in [0.2, 0.25) is 16.0 Å². The van der Waals surface area contributed by atoms with Gasteiger partial charge in [0.15, 0.2) is 5.75 Å². The number of halogens is 3. The third-order valence-corrected chi connectivity index (χ3v) is 10.3. The van der Waals surface area contributed by atoms with E-state index in [4.69, 9.17) is 20.2 Å². The minimum Gasteiger partial charge on any atom is -0.492 e. The van der Waals surface area contributed by atoms with E-state index in [9.17, 15) is 26.4 Å². The van der Waals surface area contributed by atoms with Gasteiger partial charge in [-0.1, -0.05) is 48.9 Å². The zero-order chi connectivity index (χ0) is 34.9. The van der Waals surface area contributed by atoms with Crippen LogP contribution in [-0.4, -0.2) is 75.9 Å². The predicted octanol–water partition coefficient (Wildman–Crippen LogP) is 6.26. The Balaban J connectivity index is 1.47. The number of nitrogens with one attached hydrogen (secondary N) is 1. The summed E-state index contributed by atoms with van der Waals surface area (Å²) in [7, 11) is -4.16. The Hall–Kier alpha value is -4.89. The van der Waals surface area contributed by atoms with E-state index >= 15 is 0 Å². The van der Waals surface area contributed by atoms with Crippen LogP contribution >= 0.6 is 0 Å². The monoisotopic (exact) mass is 696 g/mol. The first-order valence-corrected chi connectivity index (χ1v) is 17.3. The summed E-state index contributed by atoms with van der Waals surface area (Å²) in [5, 5.41) is -0.969. The topological polar surface area (TPSA) is 145 Å². The minimum absolute atomic E-state index is 0.146. The molecule has 0 atom stereocenters. The number of fused-ring (bicyclic) bond motifs is 1. The van der Waals surface area contributed by atoms with E-state index in [1.165, 1.54) is 39.2 Å². The van der Waals surface area contributed by atoms with Crippen molar-refractivity contribution in [3.05, 3.63) is 66.7 Å². The summed E-state index contributed by atoms with van der Waals surface area (Å²) in [6, 6.07) is 19.0. The molecule has 3 N–H and O–H groups in total. The van der Waals surface area contributed by atoms with Crippen LogP contribution in [0.5, 0.6) is 11.5 Å². The van der Waals surface area contributed by atoms with Crippen molar-refractivity contribution in [3.8, 4) is 45.4 Å². The summed E-state index contributed by atoms with van der Waals surface area (Å²) in [6.07, 6.45) is -1.72. The van der Waals surface area contributed by atoms with Crippen LogP contribution in [0.3, 0.4) is 0 Å². The van der Waals surface area contributed by atoms with E-state index in [0.29, 0.717) is 35.0 Å². The van der Waals surface area contributed by atoms with Gasteiger partial charge in [0.05, 0.1) is 22.2 Å². The molecule has 1 saturated heterocycles. The highest BCUT2D eigenvalue weighted by atomic mass is 32.2. The highest BCUT2D eigenvalue weighted by molar-refractivity contribution is 7.90. The summed E-state index contributed by atoms with van der Waals surface area (Å²) >= 11 is 0. The van der Waals surface area contributed by atoms with Gasteiger partial charge in [0.25, 0.3) is 0 Å². The third-order valence-electron chi connectivity index (χ3n) is 8.26. The number of hydrogen-bond acceptors (Lipinski definition) is 9. The van der Waals surface area contributed by atoms with Gasteiger partial charge in [-0.3, -0.25) is 4.90 Å². The SMILES string of the molecule is CC(C)S(=O)(=O)n1c(N)nc2c(OC(=O)C(F)(F)F)cc(-c3nc(-c4cccc(OCCN5CCCCC5)c4)[nH]c3-c3ccccc3)cc21. The smallest absolute Gasteiger partial charge is 0.491 e. The molecule has 0 amide bonds. The van der Waals surface area contributed by atoms with Crippen LogP contribution in [0.25, 0.3) is 44.9 Å². The second-order valence-corrected chi connectivity index (χ2v) is 14.3. The first-order valence-electron chi connectivity index (χ1n) is 15.8. The van der Waals surface area contributed by atoms with Crippen molar-refractivity contribution in [2.75, 3.05) is 32.0 Å². The number of esters is 1. The minimum atomic E-state index is -5.34. The number of rotatable bonds is 10. The van der Waals surface area contributed by atoms with Crippen molar-refractivity contribution < 1.29 is 35.9 Å². The van der Waals surface area contributed by atoms with Crippen LogP contribution in [0.4, 0.5) is 19.1 Å². The number of H-pyrrole nitrogens is 1. The molecular weight excluding hydrogens is 661 g/mol. The maximum Gasteiger partial charge on any atom is 0.491 e. The molecule has 0 unspecified atom stereocenters. The molecule has 0 spiro atoms. The maximum atomic E-state index is 13.4. The van der Waals surface area contributed by atoms with E-state index in [0.717, 1.165) is 29.7 Å². The number of anilines is 1. The zero-order valence-electron chi connectivity index (χ0n) is 26.8. The molecule has 6 rings (SSSR count). The lowest BCUT2D eigenvalue weighted by molar-refractivity contribution is -0.189. The third kappa shape index (κ3) is 7.13. The number of ether oxygens (including phenoxy) is 2. The molecule has 0 bridgehead atoms. The summed E-state index contributed by atoms with van der Waals surface area (Å²) in [5.74, 6) is -2.60. The summed E-state index contributed by atoms with van der Waals surface area (Å²) in [6.45, 7) is 6.28. The average molecular weight is 697 g/mol. The molecule has 49 heavy (non-hydrogen) atoms. The van der Waals surface area contributed by atoms with E-state index in [1.54, 1.807) is 12.1 Å². The Labute approximate surface area is 280 Å². The normalized spacial score (nSPS) is 14.4. The molecule has 258 valence electrons. The number of piperidine rings is 1. The van der Waals surface area contributed by atoms with Gasteiger partial charge in [-0.05, 0) is 64.0 Å². The molecule has 1 aliphatic heterocycles. The van der Waals surface area contributed by atoms with Gasteiger partial charge in [0.1, 0.15) is 23.7 Å². The van der Waals surface area contributed by atoms with Crippen LogP contribution in [0.2, 0.25) is 0 Å². The highest BCUT2D eigenvalue weighted by Gasteiger charge is 2.42. The molecule has 2 aromatic heterocycles. The van der Waals surface area contributed by atoms with Gasteiger partial charge in [0, 0.05) is 23.2 Å². The van der Waals surface area contributed by atoms with Gasteiger partial charge in [-0.15, -0.1) is 0 Å². The molecule has 3 heterocycles. The molecular formula is C34H35F3N6O5S. The first kappa shape index (κ1) is 34.0. The van der Waals surface area contributed by atoms with Gasteiger partial charge in [-0.25, -0.2) is 27.2 Å². The van der Waals surface area contributed by atoms with Crippen molar-refractivity contribution in [2.45, 2.75) is 44.5 Å².